The second-order valence-corrected chi connectivity index (χ2v) is 0.934. The predicted octanol–water partition coefficient (Wildman–Crippen LogP) is -1.46. The van der Waals surface area contributed by atoms with Gasteiger partial charge < -0.3 is 9.47 Å². The zero-order valence-corrected chi connectivity index (χ0v) is 2.94. The van der Waals surface area contributed by atoms with Crippen molar-refractivity contribution in [3.63, 3.8) is 0 Å². The van der Waals surface area contributed by atoms with Crippen molar-refractivity contribution in [2.75, 3.05) is 20.0 Å². The Hall–Kier alpha value is 0.463. The van der Waals surface area contributed by atoms with Gasteiger partial charge in [-0.2, -0.15) is 0 Å². The fourth-order valence-electron chi connectivity index (χ4n) is 0.295. The van der Waals surface area contributed by atoms with Crippen molar-refractivity contribution < 1.29 is 9.47 Å². The molecule has 0 saturated carbocycles. The van der Waals surface area contributed by atoms with Crippen LogP contribution in [0.25, 0.3) is 0 Å². The van der Waals surface area contributed by atoms with Crippen molar-refractivity contribution >= 4 is 17.6 Å². The summed E-state index contributed by atoms with van der Waals surface area (Å²) in [5.74, 6) is 0. The molecular weight excluding hydrogens is 141 g/mol. The molecule has 3 heteroatoms. The van der Waals surface area contributed by atoms with E-state index < -0.39 is 0 Å². The van der Waals surface area contributed by atoms with Gasteiger partial charge in [-0.15, -0.1) is 0 Å². The number of hydrogen-bond donors (Lipinski definition) is 0. The topological polar surface area (TPSA) is 18.5 Å². The Balaban J connectivity index is 0.000000250. The monoisotopic (exact) mass is 152 g/mol. The summed E-state index contributed by atoms with van der Waals surface area (Å²) in [5, 5.41) is 0. The van der Waals surface area contributed by atoms with E-state index >= 15 is 0 Å². The molecule has 1 heterocycles. The summed E-state index contributed by atoms with van der Waals surface area (Å²) >= 11 is 0. The quantitative estimate of drug-likeness (QED) is 0.393. The van der Waals surface area contributed by atoms with Gasteiger partial charge in [-0.1, -0.05) is 0 Å². The summed E-state index contributed by atoms with van der Waals surface area (Å²) in [6.45, 7) is 2.06. The van der Waals surface area contributed by atoms with Gasteiger partial charge >= 0.3 is 17.6 Å². The van der Waals surface area contributed by atoms with Crippen molar-refractivity contribution in [1.29, 1.82) is 0 Å². The Morgan fingerprint density at radius 3 is 1.67 bits per heavy atom. The number of ether oxygens (including phenoxy) is 2. The summed E-state index contributed by atoms with van der Waals surface area (Å²) in [7, 11) is 0. The molecule has 0 N–H and O–H groups in total. The summed E-state index contributed by atoms with van der Waals surface area (Å²) in [6.07, 6.45) is 0. The van der Waals surface area contributed by atoms with Crippen LogP contribution in [0, 0.1) is 0 Å². The molecule has 1 fully saturated rings. The van der Waals surface area contributed by atoms with Crippen molar-refractivity contribution in [2.24, 2.45) is 0 Å². The van der Waals surface area contributed by atoms with Gasteiger partial charge in [0.1, 0.15) is 6.79 Å². The molecule has 0 atom stereocenters. The minimum absolute atomic E-state index is 0. The summed E-state index contributed by atoms with van der Waals surface area (Å²) in [6, 6.07) is 0. The van der Waals surface area contributed by atoms with Gasteiger partial charge in [0.05, 0.1) is 13.2 Å². The Bertz CT molecular complexity index is 20.4. The Labute approximate surface area is 47.8 Å². The van der Waals surface area contributed by atoms with Gasteiger partial charge in [-0.05, 0) is 0 Å². The van der Waals surface area contributed by atoms with E-state index in [1.54, 1.807) is 0 Å². The molecule has 1 rings (SSSR count). The van der Waals surface area contributed by atoms with Gasteiger partial charge in [0.25, 0.3) is 0 Å². The Morgan fingerprint density at radius 1 is 1.00 bits per heavy atom. The molecule has 0 spiro atoms. The van der Waals surface area contributed by atoms with Crippen LogP contribution in [0.4, 0.5) is 0 Å². The van der Waals surface area contributed by atoms with Crippen LogP contribution < -0.4 is 0 Å². The third-order valence-corrected chi connectivity index (χ3v) is 0.539. The fourth-order valence-corrected chi connectivity index (χ4v) is 0.295. The Kier molecular flexibility index (Phi) is 3.93. The second-order valence-electron chi connectivity index (χ2n) is 0.934. The molecule has 1 saturated heterocycles. The maximum absolute atomic E-state index is 4.72. The Morgan fingerprint density at radius 2 is 1.50 bits per heavy atom. The third-order valence-electron chi connectivity index (χ3n) is 0.539. The van der Waals surface area contributed by atoms with Crippen LogP contribution in [0.3, 0.4) is 0 Å². The number of rotatable bonds is 0. The first-order valence-electron chi connectivity index (χ1n) is 1.65. The van der Waals surface area contributed by atoms with Crippen LogP contribution in [0.5, 0.6) is 0 Å². The van der Waals surface area contributed by atoms with Gasteiger partial charge in [0.2, 0.25) is 0 Å². The van der Waals surface area contributed by atoms with Crippen LogP contribution in [-0.4, -0.2) is 37.6 Å². The molecule has 1 aliphatic heterocycles. The maximum atomic E-state index is 4.72. The van der Waals surface area contributed by atoms with Crippen LogP contribution in [0.2, 0.25) is 0 Å². The first-order chi connectivity index (χ1) is 2.50. The van der Waals surface area contributed by atoms with Crippen LogP contribution in [-0.2, 0) is 9.47 Å². The van der Waals surface area contributed by atoms with Crippen LogP contribution >= 0.6 is 0 Å². The van der Waals surface area contributed by atoms with Crippen molar-refractivity contribution in [2.45, 2.75) is 0 Å². The molecule has 2 nitrogen and oxygen atoms in total. The minimum atomic E-state index is 0. The van der Waals surface area contributed by atoms with Crippen molar-refractivity contribution in [1.82, 2.24) is 0 Å². The standard InChI is InChI=1S/C3H6O2.GeH4/c1-2-5-3-4-1;/h1-3H2;1H4. The normalized spacial score (nSPS) is 20.0. The van der Waals surface area contributed by atoms with E-state index in [1.165, 1.54) is 0 Å². The van der Waals surface area contributed by atoms with Gasteiger partial charge in [0, 0.05) is 0 Å². The average Bonchev–Trinajstić information content (AvgIpc) is 1.76. The average molecular weight is 151 g/mol. The summed E-state index contributed by atoms with van der Waals surface area (Å²) in [4.78, 5) is 0. The van der Waals surface area contributed by atoms with E-state index in [2.05, 4.69) is 0 Å². The molecule has 0 bridgehead atoms. The predicted molar refractivity (Wildman–Crippen MR) is 28.1 cm³/mol. The molecule has 0 radical (unpaired) electrons. The van der Waals surface area contributed by atoms with Gasteiger partial charge in [-0.3, -0.25) is 0 Å². The molecule has 0 amide bonds. The van der Waals surface area contributed by atoms with E-state index in [-0.39, 0.29) is 17.6 Å². The molecule has 0 aromatic carbocycles. The SMILES string of the molecule is C1COCO1.[GeH4]. The molecule has 38 valence electrons. The fraction of sp³-hybridized carbons (Fsp3) is 1.00. The molecule has 0 aromatic rings. The number of hydrogen-bond acceptors (Lipinski definition) is 2. The first-order valence-corrected chi connectivity index (χ1v) is 1.65. The van der Waals surface area contributed by atoms with E-state index in [9.17, 15) is 0 Å². The van der Waals surface area contributed by atoms with E-state index in [0.717, 1.165) is 13.2 Å². The van der Waals surface area contributed by atoms with E-state index in [4.69, 9.17) is 9.47 Å². The molecule has 0 aromatic heterocycles. The molecule has 0 unspecified atom stereocenters. The third kappa shape index (κ3) is 1.79. The van der Waals surface area contributed by atoms with Gasteiger partial charge in [-0.25, -0.2) is 0 Å². The summed E-state index contributed by atoms with van der Waals surface area (Å²) in [5.41, 5.74) is 0. The molecule has 0 aliphatic carbocycles. The van der Waals surface area contributed by atoms with E-state index in [0.29, 0.717) is 6.79 Å². The first kappa shape index (κ1) is 6.46. The zero-order valence-electron chi connectivity index (χ0n) is 2.94. The molecule has 1 aliphatic rings. The van der Waals surface area contributed by atoms with Crippen molar-refractivity contribution in [3.8, 4) is 0 Å². The van der Waals surface area contributed by atoms with Crippen molar-refractivity contribution in [3.05, 3.63) is 0 Å². The molecular formula is C3H10GeO2. The van der Waals surface area contributed by atoms with Crippen LogP contribution in [0.1, 0.15) is 0 Å². The van der Waals surface area contributed by atoms with E-state index in [1.807, 2.05) is 0 Å². The van der Waals surface area contributed by atoms with Gasteiger partial charge in [0.15, 0.2) is 0 Å². The molecule has 6 heavy (non-hydrogen) atoms. The summed E-state index contributed by atoms with van der Waals surface area (Å²) < 4.78 is 9.44. The van der Waals surface area contributed by atoms with Crippen LogP contribution in [0.15, 0.2) is 0 Å². The second kappa shape index (κ2) is 3.65. The zero-order chi connectivity index (χ0) is 3.54.